The van der Waals surface area contributed by atoms with Gasteiger partial charge in [-0.3, -0.25) is 0 Å². The largest absolute Gasteiger partial charge is 0.455 e. The highest BCUT2D eigenvalue weighted by molar-refractivity contribution is 6.11. The molecule has 9 aromatic rings. The first-order chi connectivity index (χ1) is 24.2. The maximum atomic E-state index is 9.68. The molecule has 0 fully saturated rings. The van der Waals surface area contributed by atoms with Gasteiger partial charge in [-0.25, -0.2) is 0 Å². The van der Waals surface area contributed by atoms with E-state index in [0.717, 1.165) is 73.6 Å². The molecule has 4 heteroatoms. The number of para-hydroxylation sites is 4. The van der Waals surface area contributed by atoms with E-state index in [-0.39, 0.29) is 0 Å². The van der Waals surface area contributed by atoms with Crippen molar-refractivity contribution in [2.75, 3.05) is 4.90 Å². The molecular weight excluding hydrogens is 599 g/mol. The van der Waals surface area contributed by atoms with Crippen molar-refractivity contribution in [3.63, 3.8) is 0 Å². The Bertz CT molecular complexity index is 2800. The molecule has 0 radical (unpaired) electrons. The van der Waals surface area contributed by atoms with Crippen LogP contribution in [0.4, 0.5) is 5.69 Å². The van der Waals surface area contributed by atoms with E-state index in [4.69, 9.17) is 4.42 Å². The normalized spacial score (nSPS) is 12.7. The van der Waals surface area contributed by atoms with Crippen LogP contribution in [0.5, 0.6) is 0 Å². The second-order valence-electron chi connectivity index (χ2n) is 12.9. The van der Waals surface area contributed by atoms with Gasteiger partial charge in [0.2, 0.25) is 0 Å². The van der Waals surface area contributed by atoms with E-state index in [1.54, 1.807) is 0 Å². The molecule has 7 aromatic carbocycles. The van der Waals surface area contributed by atoms with Crippen molar-refractivity contribution in [2.45, 2.75) is 13.1 Å². The second kappa shape index (κ2) is 10.7. The van der Waals surface area contributed by atoms with Gasteiger partial charge in [0.25, 0.3) is 0 Å². The molecule has 0 bridgehead atoms. The van der Waals surface area contributed by atoms with Gasteiger partial charge in [0.05, 0.1) is 22.7 Å². The standard InChI is InChI=1S/C45H29N3O/c46-26-29-17-22-43-41(23-29)36-11-4-6-15-42(36)48(43)34-21-20-32-28-47(33-9-2-1-3-10-33)27-31-19-18-30(24-39(31)40(32)25-34)35-13-8-14-38-37-12-5-7-16-44(37)49-45(35)38/h1-25H,27-28H2. The number of rotatable bonds is 3. The van der Waals surface area contributed by atoms with E-state index >= 15 is 0 Å². The minimum absolute atomic E-state index is 0.666. The number of nitriles is 1. The van der Waals surface area contributed by atoms with E-state index < -0.39 is 0 Å². The maximum Gasteiger partial charge on any atom is 0.143 e. The van der Waals surface area contributed by atoms with Crippen LogP contribution in [-0.4, -0.2) is 4.57 Å². The zero-order valence-electron chi connectivity index (χ0n) is 26.6. The van der Waals surface area contributed by atoms with Crippen LogP contribution in [0.3, 0.4) is 0 Å². The smallest absolute Gasteiger partial charge is 0.143 e. The molecule has 4 nitrogen and oxygen atoms in total. The molecule has 49 heavy (non-hydrogen) atoms. The van der Waals surface area contributed by atoms with Crippen molar-refractivity contribution < 1.29 is 4.42 Å². The molecule has 0 amide bonds. The fourth-order valence-corrected chi connectivity index (χ4v) is 7.81. The molecule has 0 N–H and O–H groups in total. The third-order valence-corrected chi connectivity index (χ3v) is 10.1. The Morgan fingerprint density at radius 1 is 0.510 bits per heavy atom. The lowest BCUT2D eigenvalue weighted by atomic mass is 9.92. The van der Waals surface area contributed by atoms with Gasteiger partial charge in [-0.1, -0.05) is 91.0 Å². The molecule has 2 aromatic heterocycles. The van der Waals surface area contributed by atoms with E-state index in [1.165, 1.54) is 27.9 Å². The summed E-state index contributed by atoms with van der Waals surface area (Å²) in [6.07, 6.45) is 0. The molecule has 230 valence electrons. The molecular formula is C45H29N3O. The number of nitrogens with zero attached hydrogens (tertiary/aromatic N) is 3. The summed E-state index contributed by atoms with van der Waals surface area (Å²) in [7, 11) is 0. The molecule has 0 saturated carbocycles. The maximum absolute atomic E-state index is 9.68. The van der Waals surface area contributed by atoms with Gasteiger partial charge in [-0.05, 0) is 88.5 Å². The van der Waals surface area contributed by atoms with Crippen LogP contribution in [0.15, 0.2) is 156 Å². The predicted octanol–water partition coefficient (Wildman–Crippen LogP) is 11.4. The van der Waals surface area contributed by atoms with Crippen LogP contribution in [0.1, 0.15) is 16.7 Å². The van der Waals surface area contributed by atoms with Crippen LogP contribution in [0.2, 0.25) is 0 Å². The van der Waals surface area contributed by atoms with Gasteiger partial charge >= 0.3 is 0 Å². The lowest BCUT2D eigenvalue weighted by Crippen LogP contribution is -2.20. The van der Waals surface area contributed by atoms with Crippen LogP contribution in [0, 0.1) is 11.3 Å². The minimum Gasteiger partial charge on any atom is -0.455 e. The first-order valence-corrected chi connectivity index (χ1v) is 16.6. The van der Waals surface area contributed by atoms with Crippen LogP contribution in [0.25, 0.3) is 71.7 Å². The lowest BCUT2D eigenvalue weighted by molar-refractivity contribution is 0.670. The zero-order chi connectivity index (χ0) is 32.5. The van der Waals surface area contributed by atoms with Gasteiger partial charge in [0, 0.05) is 51.6 Å². The summed E-state index contributed by atoms with van der Waals surface area (Å²) in [6, 6.07) is 56.0. The van der Waals surface area contributed by atoms with Crippen LogP contribution < -0.4 is 4.90 Å². The van der Waals surface area contributed by atoms with Crippen LogP contribution in [-0.2, 0) is 13.1 Å². The lowest BCUT2D eigenvalue weighted by Gasteiger charge is -2.24. The predicted molar refractivity (Wildman–Crippen MR) is 200 cm³/mol. The Morgan fingerprint density at radius 2 is 1.22 bits per heavy atom. The van der Waals surface area contributed by atoms with Gasteiger partial charge in [-0.2, -0.15) is 5.26 Å². The first kappa shape index (κ1) is 27.5. The molecule has 10 rings (SSSR count). The number of hydrogen-bond acceptors (Lipinski definition) is 3. The minimum atomic E-state index is 0.666. The molecule has 1 aliphatic heterocycles. The Hall–Kier alpha value is -6.57. The summed E-state index contributed by atoms with van der Waals surface area (Å²) < 4.78 is 8.82. The van der Waals surface area contributed by atoms with Gasteiger partial charge in [0.1, 0.15) is 11.2 Å². The summed E-state index contributed by atoms with van der Waals surface area (Å²) in [5, 5.41) is 14.2. The Balaban J connectivity index is 1.21. The summed E-state index contributed by atoms with van der Waals surface area (Å²) >= 11 is 0. The van der Waals surface area contributed by atoms with E-state index in [1.807, 2.05) is 24.3 Å². The molecule has 0 spiro atoms. The number of fused-ring (bicyclic) bond motifs is 9. The molecule has 1 aliphatic rings. The Kier molecular flexibility index (Phi) is 6.03. The Labute approximate surface area is 283 Å². The highest BCUT2D eigenvalue weighted by Crippen LogP contribution is 2.42. The number of aromatic nitrogens is 1. The van der Waals surface area contributed by atoms with Gasteiger partial charge < -0.3 is 13.9 Å². The van der Waals surface area contributed by atoms with E-state index in [0.29, 0.717) is 5.56 Å². The fraction of sp³-hybridized carbons (Fsp3) is 0.0444. The van der Waals surface area contributed by atoms with Gasteiger partial charge in [0.15, 0.2) is 0 Å². The molecule has 0 atom stereocenters. The molecule has 0 unspecified atom stereocenters. The van der Waals surface area contributed by atoms with Crippen molar-refractivity contribution in [3.8, 4) is 34.0 Å². The third-order valence-electron chi connectivity index (χ3n) is 10.1. The van der Waals surface area contributed by atoms with E-state index in [9.17, 15) is 5.26 Å². The summed E-state index contributed by atoms with van der Waals surface area (Å²) in [6.45, 7) is 1.59. The highest BCUT2D eigenvalue weighted by Gasteiger charge is 2.23. The van der Waals surface area contributed by atoms with Crippen molar-refractivity contribution in [3.05, 3.63) is 168 Å². The fourth-order valence-electron chi connectivity index (χ4n) is 7.81. The summed E-state index contributed by atoms with van der Waals surface area (Å²) in [5.74, 6) is 0. The number of hydrogen-bond donors (Lipinski definition) is 0. The van der Waals surface area contributed by atoms with E-state index in [2.05, 4.69) is 143 Å². The monoisotopic (exact) mass is 627 g/mol. The molecule has 0 saturated heterocycles. The Morgan fingerprint density at radius 3 is 2.08 bits per heavy atom. The quantitative estimate of drug-likeness (QED) is 0.196. The average molecular weight is 628 g/mol. The van der Waals surface area contributed by atoms with Crippen molar-refractivity contribution >= 4 is 49.4 Å². The van der Waals surface area contributed by atoms with Gasteiger partial charge in [-0.15, -0.1) is 0 Å². The first-order valence-electron chi connectivity index (χ1n) is 16.6. The van der Waals surface area contributed by atoms with Crippen molar-refractivity contribution in [1.29, 1.82) is 5.26 Å². The summed E-state index contributed by atoms with van der Waals surface area (Å²) in [5.41, 5.74) is 14.2. The SMILES string of the molecule is N#Cc1ccc2c(c1)c1ccccc1n2-c1ccc2c(c1)-c1cc(-c3cccc4c3oc3ccccc34)ccc1CN(c1ccccc1)C2. The van der Waals surface area contributed by atoms with Crippen molar-refractivity contribution in [1.82, 2.24) is 4.57 Å². The number of furan rings is 1. The van der Waals surface area contributed by atoms with Crippen LogP contribution >= 0.6 is 0 Å². The second-order valence-corrected chi connectivity index (χ2v) is 12.9. The number of anilines is 1. The number of benzene rings is 7. The third kappa shape index (κ3) is 4.30. The average Bonchev–Trinajstić information content (AvgIpc) is 3.65. The van der Waals surface area contributed by atoms with Crippen molar-refractivity contribution in [2.24, 2.45) is 0 Å². The molecule has 0 aliphatic carbocycles. The topological polar surface area (TPSA) is 45.1 Å². The summed E-state index contributed by atoms with van der Waals surface area (Å²) in [4.78, 5) is 2.47. The molecule has 3 heterocycles. The zero-order valence-corrected chi connectivity index (χ0v) is 26.6. The highest BCUT2D eigenvalue weighted by atomic mass is 16.3.